The molecule has 0 aromatic carbocycles. The molecule has 0 aliphatic carbocycles. The van der Waals surface area contributed by atoms with Gasteiger partial charge in [-0.25, -0.2) is 0 Å². The van der Waals surface area contributed by atoms with E-state index in [4.69, 9.17) is 0 Å². The van der Waals surface area contributed by atoms with Gasteiger partial charge in [0.2, 0.25) is 0 Å². The zero-order valence-corrected chi connectivity index (χ0v) is 27.4. The van der Waals surface area contributed by atoms with Crippen molar-refractivity contribution in [3.63, 3.8) is 0 Å². The molecule has 4 heterocycles. The molecule has 4 rings (SSSR count). The molecule has 4 aliphatic heterocycles. The van der Waals surface area contributed by atoms with E-state index in [2.05, 4.69) is 141 Å². The molecule has 0 aromatic rings. The van der Waals surface area contributed by atoms with Crippen molar-refractivity contribution in [2.45, 2.75) is 30.8 Å². The quantitative estimate of drug-likeness (QED) is 0.104. The first-order valence-corrected chi connectivity index (χ1v) is 23.5. The molecule has 0 amide bonds. The van der Waals surface area contributed by atoms with E-state index in [1.807, 2.05) is 0 Å². The lowest BCUT2D eigenvalue weighted by molar-refractivity contribution is 1.03. The molecular weight excluding hydrogens is 613 g/mol. The summed E-state index contributed by atoms with van der Waals surface area (Å²) in [5.41, 5.74) is 0. The maximum absolute atomic E-state index is 2.30. The highest BCUT2D eigenvalue weighted by molar-refractivity contribution is 8.40. The third-order valence-electron chi connectivity index (χ3n) is 5.12. The number of hydrogen-bond acceptors (Lipinski definition) is 12. The lowest BCUT2D eigenvalue weighted by Gasteiger charge is -2.35. The van der Waals surface area contributed by atoms with Gasteiger partial charge in [-0.05, 0) is 12.2 Å². The molecule has 0 atom stereocenters. The van der Waals surface area contributed by atoms with Gasteiger partial charge in [0.1, 0.15) is 3.41 Å². The summed E-state index contributed by atoms with van der Waals surface area (Å²) in [6, 6.07) is 0. The van der Waals surface area contributed by atoms with Gasteiger partial charge in [-0.3, -0.25) is 0 Å². The van der Waals surface area contributed by atoms with Crippen LogP contribution in [0.25, 0.3) is 0 Å². The van der Waals surface area contributed by atoms with E-state index in [1.165, 1.54) is 78.5 Å². The average Bonchev–Trinajstić information content (AvgIpc) is 2.62. The van der Waals surface area contributed by atoms with Crippen molar-refractivity contribution >= 4 is 141 Å². The number of thioether (sulfide) groups is 12. The molecule has 4 fully saturated rings. The van der Waals surface area contributed by atoms with Gasteiger partial charge in [0, 0.05) is 87.4 Å². The first-order valence-electron chi connectivity index (χ1n) is 10.6. The van der Waals surface area contributed by atoms with Crippen LogP contribution < -0.4 is 0 Å². The minimum absolute atomic E-state index is 0.363. The van der Waals surface area contributed by atoms with E-state index in [-0.39, 0.29) is 0 Å². The van der Waals surface area contributed by atoms with Crippen LogP contribution in [0, 0.1) is 0 Å². The Kier molecular flexibility index (Phi) is 14.8. The Morgan fingerprint density at radius 2 is 0.871 bits per heavy atom. The molecule has 31 heavy (non-hydrogen) atoms. The predicted octanol–water partition coefficient (Wildman–Crippen LogP) is 8.19. The highest BCUT2D eigenvalue weighted by Gasteiger charge is 2.34. The van der Waals surface area contributed by atoms with Gasteiger partial charge in [0.15, 0.2) is 0 Å². The van der Waals surface area contributed by atoms with E-state index < -0.39 is 0 Å². The van der Waals surface area contributed by atoms with Crippen LogP contribution in [-0.4, -0.2) is 96.5 Å². The number of hydrogen-bond donors (Lipinski definition) is 0. The first-order chi connectivity index (χ1) is 15.3. The molecule has 4 saturated heterocycles. The van der Waals surface area contributed by atoms with E-state index in [9.17, 15) is 0 Å². The lowest BCUT2D eigenvalue weighted by atomic mass is 10.5. The fourth-order valence-corrected chi connectivity index (χ4v) is 21.8. The van der Waals surface area contributed by atoms with Crippen LogP contribution in [0.4, 0.5) is 0 Å². The topological polar surface area (TPSA) is 0 Å². The third kappa shape index (κ3) is 10.5. The van der Waals surface area contributed by atoms with Gasteiger partial charge in [-0.15, -0.1) is 82.3 Å². The molecule has 0 radical (unpaired) electrons. The molecule has 4 aliphatic rings. The maximum atomic E-state index is 2.30. The van der Waals surface area contributed by atoms with Crippen LogP contribution in [0.5, 0.6) is 0 Å². The van der Waals surface area contributed by atoms with Crippen molar-refractivity contribution in [1.82, 2.24) is 0 Å². The van der Waals surface area contributed by atoms with Crippen molar-refractivity contribution in [2.75, 3.05) is 72.1 Å². The van der Waals surface area contributed by atoms with Crippen molar-refractivity contribution in [2.24, 2.45) is 0 Å². The number of rotatable bonds is 18. The summed E-state index contributed by atoms with van der Waals surface area (Å²) in [5, 5.41) is 8.91. The predicted molar refractivity (Wildman–Crippen MR) is 177 cm³/mol. The van der Waals surface area contributed by atoms with Crippen molar-refractivity contribution in [3.8, 4) is 0 Å². The molecule has 180 valence electrons. The fourth-order valence-electron chi connectivity index (χ4n) is 2.64. The Morgan fingerprint density at radius 3 is 1.19 bits per heavy atom. The minimum atomic E-state index is 0.363. The van der Waals surface area contributed by atoms with E-state index in [0.29, 0.717) is 3.41 Å². The molecular formula is C19H32S12. The molecule has 0 saturated carbocycles. The summed E-state index contributed by atoms with van der Waals surface area (Å²) in [4.78, 5) is 0. The first kappa shape index (κ1) is 28.2. The van der Waals surface area contributed by atoms with Crippen LogP contribution >= 0.6 is 141 Å². The van der Waals surface area contributed by atoms with Crippen molar-refractivity contribution in [3.05, 3.63) is 0 Å². The summed E-state index contributed by atoms with van der Waals surface area (Å²) in [6.07, 6.45) is 1.36. The molecule has 0 bridgehead atoms. The van der Waals surface area contributed by atoms with Gasteiger partial charge in [-0.2, -0.15) is 58.8 Å². The Balaban J connectivity index is 1.24. The maximum Gasteiger partial charge on any atom is 0.110 e. The largest absolute Gasteiger partial charge is 0.160 e. The highest BCUT2D eigenvalue weighted by atomic mass is 32.3. The molecule has 0 nitrogen and oxygen atoms in total. The normalized spacial score (nSPS) is 23.2. The summed E-state index contributed by atoms with van der Waals surface area (Å²) >= 11 is 26.5. The summed E-state index contributed by atoms with van der Waals surface area (Å²) in [7, 11) is 0. The summed E-state index contributed by atoms with van der Waals surface area (Å²) in [6.45, 7) is 0. The van der Waals surface area contributed by atoms with Gasteiger partial charge in [-0.1, -0.05) is 0 Å². The van der Waals surface area contributed by atoms with E-state index in [1.54, 1.807) is 0 Å². The van der Waals surface area contributed by atoms with Crippen LogP contribution in [0.2, 0.25) is 0 Å². The zero-order chi connectivity index (χ0) is 21.2. The highest BCUT2D eigenvalue weighted by Crippen LogP contribution is 2.54. The lowest BCUT2D eigenvalue weighted by Crippen LogP contribution is -2.25. The van der Waals surface area contributed by atoms with Crippen LogP contribution in [0.1, 0.15) is 6.42 Å². The van der Waals surface area contributed by atoms with Gasteiger partial charge < -0.3 is 0 Å². The molecule has 0 spiro atoms. The molecule has 0 N–H and O–H groups in total. The second-order valence-electron chi connectivity index (χ2n) is 7.55. The van der Waals surface area contributed by atoms with Gasteiger partial charge >= 0.3 is 0 Å². The van der Waals surface area contributed by atoms with Crippen LogP contribution in [0.15, 0.2) is 0 Å². The molecule has 0 unspecified atom stereocenters. The fraction of sp³-hybridized carbons (Fsp3) is 1.00. The minimum Gasteiger partial charge on any atom is -0.160 e. The third-order valence-corrected chi connectivity index (χ3v) is 23.9. The average molecular weight is 645 g/mol. The van der Waals surface area contributed by atoms with Crippen molar-refractivity contribution in [1.29, 1.82) is 0 Å². The molecule has 12 heteroatoms. The Hall–Kier alpha value is 4.20. The SMILES string of the molecule is C(CC(SCSC1CSC1)(SCSC1CSC1)SCSC1CSC1)SCSC1CSC1. The second-order valence-corrected chi connectivity index (χ2v) is 24.2. The van der Waals surface area contributed by atoms with E-state index >= 15 is 0 Å². The van der Waals surface area contributed by atoms with Crippen LogP contribution in [-0.2, 0) is 0 Å². The second kappa shape index (κ2) is 16.2. The Bertz CT molecular complexity index is 442. The van der Waals surface area contributed by atoms with Gasteiger partial charge in [0.05, 0.1) is 0 Å². The van der Waals surface area contributed by atoms with Gasteiger partial charge in [0.25, 0.3) is 0 Å². The zero-order valence-electron chi connectivity index (χ0n) is 17.6. The van der Waals surface area contributed by atoms with E-state index in [0.717, 1.165) is 21.0 Å². The van der Waals surface area contributed by atoms with Crippen LogP contribution in [0.3, 0.4) is 0 Å². The monoisotopic (exact) mass is 644 g/mol. The summed E-state index contributed by atoms with van der Waals surface area (Å²) < 4.78 is 0.363. The van der Waals surface area contributed by atoms with Crippen molar-refractivity contribution < 1.29 is 0 Å². The Morgan fingerprint density at radius 1 is 0.516 bits per heavy atom. The summed E-state index contributed by atoms with van der Waals surface area (Å²) in [5.74, 6) is 12.4. The smallest absolute Gasteiger partial charge is 0.110 e. The Labute approximate surface area is 241 Å². The molecule has 0 aromatic heterocycles. The standard InChI is InChI=1S/C19H32S12/c1(2-20-11-25-15-3-21-4-15)19(29-12-26-16-5-22-6-16,30-13-27-17-7-23-8-17)31-14-28-18-9-24-10-18/h15-18H,1-14H2.